The average molecular weight is 358 g/mol. The number of hydrogen-bond donors (Lipinski definition) is 3. The van der Waals surface area contributed by atoms with Gasteiger partial charge in [0.2, 0.25) is 0 Å². The number of thiazole rings is 1. The Morgan fingerprint density at radius 3 is 2.67 bits per heavy atom. The molecule has 24 heavy (non-hydrogen) atoms. The number of hydrazine groups is 1. The van der Waals surface area contributed by atoms with Crippen molar-refractivity contribution in [2.45, 2.75) is 6.42 Å². The Bertz CT molecular complexity index is 816. The molecular weight excluding hydrogens is 344 g/mol. The number of para-hydroxylation sites is 1. The minimum Gasteiger partial charge on any atom is -0.307 e. The van der Waals surface area contributed by atoms with E-state index in [-0.39, 0.29) is 0 Å². The van der Waals surface area contributed by atoms with Gasteiger partial charge in [0.05, 0.1) is 0 Å². The Morgan fingerprint density at radius 2 is 1.92 bits per heavy atom. The van der Waals surface area contributed by atoms with Gasteiger partial charge in [-0.05, 0) is 34.5 Å². The Kier molecular flexibility index (Phi) is 5.19. The van der Waals surface area contributed by atoms with Gasteiger partial charge < -0.3 is 5.32 Å². The number of aromatic nitrogens is 1. The van der Waals surface area contributed by atoms with Crippen LogP contribution in [0.4, 0.5) is 10.5 Å². The topological polar surface area (TPSA) is 83.1 Å². The molecule has 122 valence electrons. The van der Waals surface area contributed by atoms with Crippen molar-refractivity contribution in [3.8, 4) is 0 Å². The third kappa shape index (κ3) is 4.40. The van der Waals surface area contributed by atoms with E-state index in [2.05, 4.69) is 26.5 Å². The first-order valence-corrected chi connectivity index (χ1v) is 8.85. The van der Waals surface area contributed by atoms with Crippen molar-refractivity contribution in [2.75, 3.05) is 5.32 Å². The van der Waals surface area contributed by atoms with Gasteiger partial charge >= 0.3 is 6.03 Å². The lowest BCUT2D eigenvalue weighted by Crippen LogP contribution is -2.43. The van der Waals surface area contributed by atoms with Crippen molar-refractivity contribution in [1.82, 2.24) is 15.8 Å². The standard InChI is InChI=1S/C16H14N4O2S2/c21-14(19-20-16(22)18-12-4-2-1-3-5-12)15-17-9-13(24-15)8-11-6-7-23-10-11/h1-7,9-10H,8H2,(H,19,21)(H2,18,20,22). The summed E-state index contributed by atoms with van der Waals surface area (Å²) in [6.45, 7) is 0. The lowest BCUT2D eigenvalue weighted by Gasteiger charge is -2.07. The zero-order valence-electron chi connectivity index (χ0n) is 12.5. The number of rotatable bonds is 4. The molecule has 0 aliphatic carbocycles. The molecule has 0 radical (unpaired) electrons. The highest BCUT2D eigenvalue weighted by atomic mass is 32.1. The molecule has 0 saturated carbocycles. The summed E-state index contributed by atoms with van der Waals surface area (Å²) in [5, 5.41) is 6.99. The molecule has 0 aliphatic rings. The van der Waals surface area contributed by atoms with E-state index in [4.69, 9.17) is 0 Å². The Balaban J connectivity index is 1.50. The molecule has 0 bridgehead atoms. The molecule has 0 spiro atoms. The largest absolute Gasteiger partial charge is 0.337 e. The number of nitrogens with one attached hydrogen (secondary N) is 3. The summed E-state index contributed by atoms with van der Waals surface area (Å²) in [6.07, 6.45) is 2.43. The van der Waals surface area contributed by atoms with Crippen LogP contribution < -0.4 is 16.2 Å². The molecule has 0 fully saturated rings. The fourth-order valence-corrected chi connectivity index (χ4v) is 3.45. The Labute approximate surface area is 146 Å². The number of hydrogen-bond acceptors (Lipinski definition) is 5. The average Bonchev–Trinajstić information content (AvgIpc) is 3.26. The fourth-order valence-electron chi connectivity index (χ4n) is 1.94. The van der Waals surface area contributed by atoms with Crippen LogP contribution in [0.2, 0.25) is 0 Å². The maximum absolute atomic E-state index is 12.0. The van der Waals surface area contributed by atoms with E-state index in [1.165, 1.54) is 16.9 Å². The number of thiophene rings is 1. The molecule has 3 amide bonds. The maximum atomic E-state index is 12.0. The zero-order valence-corrected chi connectivity index (χ0v) is 14.1. The first kappa shape index (κ1) is 16.2. The monoisotopic (exact) mass is 358 g/mol. The minimum atomic E-state index is -0.524. The van der Waals surface area contributed by atoms with Crippen molar-refractivity contribution < 1.29 is 9.59 Å². The quantitative estimate of drug-likeness (QED) is 0.626. The van der Waals surface area contributed by atoms with Crippen LogP contribution in [0.3, 0.4) is 0 Å². The van der Waals surface area contributed by atoms with Gasteiger partial charge in [0.1, 0.15) is 0 Å². The number of urea groups is 1. The van der Waals surface area contributed by atoms with E-state index in [0.29, 0.717) is 10.7 Å². The van der Waals surface area contributed by atoms with Crippen molar-refractivity contribution in [1.29, 1.82) is 0 Å². The highest BCUT2D eigenvalue weighted by Gasteiger charge is 2.12. The van der Waals surface area contributed by atoms with Crippen LogP contribution in [0, 0.1) is 0 Å². The zero-order chi connectivity index (χ0) is 16.8. The summed E-state index contributed by atoms with van der Waals surface area (Å²) >= 11 is 2.94. The van der Waals surface area contributed by atoms with E-state index in [0.717, 1.165) is 11.3 Å². The molecule has 3 aromatic rings. The van der Waals surface area contributed by atoms with Crippen molar-refractivity contribution in [2.24, 2.45) is 0 Å². The van der Waals surface area contributed by atoms with E-state index in [1.54, 1.807) is 41.8 Å². The van der Waals surface area contributed by atoms with Gasteiger partial charge in [0.25, 0.3) is 5.91 Å². The summed E-state index contributed by atoms with van der Waals surface area (Å²) in [5.74, 6) is -0.445. The summed E-state index contributed by atoms with van der Waals surface area (Å²) in [7, 11) is 0. The third-order valence-electron chi connectivity index (χ3n) is 3.03. The van der Waals surface area contributed by atoms with Crippen LogP contribution in [0.15, 0.2) is 53.4 Å². The molecule has 8 heteroatoms. The van der Waals surface area contributed by atoms with E-state index >= 15 is 0 Å². The Hall–Kier alpha value is -2.71. The number of carbonyl (C=O) groups is 2. The highest BCUT2D eigenvalue weighted by Crippen LogP contribution is 2.18. The van der Waals surface area contributed by atoms with Crippen LogP contribution in [-0.2, 0) is 6.42 Å². The van der Waals surface area contributed by atoms with E-state index in [1.807, 2.05) is 17.5 Å². The van der Waals surface area contributed by atoms with Gasteiger partial charge in [0.15, 0.2) is 5.01 Å². The number of carbonyl (C=O) groups excluding carboxylic acids is 2. The van der Waals surface area contributed by atoms with Gasteiger partial charge in [-0.2, -0.15) is 11.3 Å². The van der Waals surface area contributed by atoms with Gasteiger partial charge in [-0.3, -0.25) is 10.2 Å². The van der Waals surface area contributed by atoms with Crippen LogP contribution in [0.25, 0.3) is 0 Å². The normalized spacial score (nSPS) is 10.2. The van der Waals surface area contributed by atoms with Crippen LogP contribution in [0.5, 0.6) is 0 Å². The SMILES string of the molecule is O=C(NNC(=O)c1ncc(Cc2ccsc2)s1)Nc1ccccc1. The molecule has 0 unspecified atom stereocenters. The fraction of sp³-hybridized carbons (Fsp3) is 0.0625. The molecule has 6 nitrogen and oxygen atoms in total. The van der Waals surface area contributed by atoms with Gasteiger partial charge in [0, 0.05) is 23.2 Å². The summed E-state index contributed by atoms with van der Waals surface area (Å²) in [4.78, 5) is 28.8. The van der Waals surface area contributed by atoms with E-state index < -0.39 is 11.9 Å². The maximum Gasteiger partial charge on any atom is 0.337 e. The molecule has 2 aromatic heterocycles. The second-order valence-corrected chi connectivity index (χ2v) is 6.73. The first-order valence-electron chi connectivity index (χ1n) is 7.09. The van der Waals surface area contributed by atoms with Gasteiger partial charge in [-0.1, -0.05) is 18.2 Å². The van der Waals surface area contributed by atoms with Crippen molar-refractivity contribution >= 4 is 40.3 Å². The summed E-state index contributed by atoms with van der Waals surface area (Å²) < 4.78 is 0. The second kappa shape index (κ2) is 7.71. The van der Waals surface area contributed by atoms with Crippen LogP contribution in [-0.4, -0.2) is 16.9 Å². The molecule has 3 N–H and O–H groups in total. The molecule has 0 atom stereocenters. The highest BCUT2D eigenvalue weighted by molar-refractivity contribution is 7.13. The van der Waals surface area contributed by atoms with Crippen molar-refractivity contribution in [3.05, 3.63) is 68.8 Å². The second-order valence-electron chi connectivity index (χ2n) is 4.84. The lowest BCUT2D eigenvalue weighted by molar-refractivity contribution is 0.0937. The van der Waals surface area contributed by atoms with Crippen LogP contribution in [0.1, 0.15) is 20.2 Å². The number of nitrogens with zero attached hydrogens (tertiary/aromatic N) is 1. The minimum absolute atomic E-state index is 0.306. The van der Waals surface area contributed by atoms with E-state index in [9.17, 15) is 9.59 Å². The predicted octanol–water partition coefficient (Wildman–Crippen LogP) is 3.26. The predicted molar refractivity (Wildman–Crippen MR) is 95.3 cm³/mol. The molecule has 0 aliphatic heterocycles. The Morgan fingerprint density at radius 1 is 1.08 bits per heavy atom. The molecule has 0 saturated heterocycles. The smallest absolute Gasteiger partial charge is 0.307 e. The molecule has 2 heterocycles. The third-order valence-corrected chi connectivity index (χ3v) is 4.76. The number of anilines is 1. The first-order chi connectivity index (χ1) is 11.7. The van der Waals surface area contributed by atoms with Gasteiger partial charge in [-0.25, -0.2) is 15.2 Å². The summed E-state index contributed by atoms with van der Waals surface area (Å²) in [5.41, 5.74) is 6.47. The molecule has 1 aromatic carbocycles. The molecular formula is C16H14N4O2S2. The van der Waals surface area contributed by atoms with Crippen molar-refractivity contribution in [3.63, 3.8) is 0 Å². The number of benzene rings is 1. The lowest BCUT2D eigenvalue weighted by atomic mass is 10.2. The summed E-state index contributed by atoms with van der Waals surface area (Å²) in [6, 6.07) is 10.5. The molecule has 3 rings (SSSR count). The van der Waals surface area contributed by atoms with Gasteiger partial charge in [-0.15, -0.1) is 11.3 Å². The number of amides is 3. The van der Waals surface area contributed by atoms with Crippen LogP contribution >= 0.6 is 22.7 Å².